The summed E-state index contributed by atoms with van der Waals surface area (Å²) in [6.45, 7) is 0. The topological polar surface area (TPSA) is 14.7 Å². The number of nitrogens with zero attached hydrogens (tertiary/aromatic N) is 4. The molecule has 0 aliphatic carbocycles. The van der Waals surface area contributed by atoms with Crippen LogP contribution in [0.25, 0.3) is 27.5 Å². The number of hydrogen-bond donors (Lipinski definition) is 0. The molecule has 0 radical (unpaired) electrons. The van der Waals surface area contributed by atoms with Crippen LogP contribution in [0.4, 0.5) is 17.1 Å². The number of hydrazine groups is 2. The molecule has 13 rings (SSSR count). The van der Waals surface area contributed by atoms with Crippen molar-refractivity contribution >= 4 is 58.9 Å². The fourth-order valence-electron chi connectivity index (χ4n) is 10.7. The fourth-order valence-corrected chi connectivity index (χ4v) is 18.7. The number of anilines is 3. The molecule has 2 aliphatic rings. The SMILES string of the molecule is C1=CN2c3ccccc3N(c3ccc4c(c3)c3ccccc3n4-c3cc(S(c4ccccc4)(c4ccccc4)c4ccccc4)cc(S(c4ccccc4)(c4ccccc4)c4ccccc4)c3)N2C=C1. The summed E-state index contributed by atoms with van der Waals surface area (Å²) in [6, 6.07) is 99.7. The van der Waals surface area contributed by atoms with Crippen LogP contribution in [-0.2, 0) is 0 Å². The van der Waals surface area contributed by atoms with Gasteiger partial charge in [0.25, 0.3) is 0 Å². The number of allylic oxidation sites excluding steroid dienone is 2. The third-order valence-electron chi connectivity index (χ3n) is 13.7. The van der Waals surface area contributed by atoms with E-state index in [0.29, 0.717) is 0 Å². The fraction of sp³-hybridized carbons (Fsp3) is 0. The highest BCUT2D eigenvalue weighted by molar-refractivity contribution is 8.34. The lowest BCUT2D eigenvalue weighted by molar-refractivity contribution is 0.408. The van der Waals surface area contributed by atoms with Crippen LogP contribution in [-0.4, -0.2) is 9.69 Å². The lowest BCUT2D eigenvalue weighted by atomic mass is 10.1. The second-order valence-corrected chi connectivity index (χ2v) is 23.7. The van der Waals surface area contributed by atoms with E-state index >= 15 is 0 Å². The zero-order chi connectivity index (χ0) is 46.5. The van der Waals surface area contributed by atoms with Gasteiger partial charge in [0.15, 0.2) is 0 Å². The Labute approximate surface area is 412 Å². The first-order valence-corrected chi connectivity index (χ1v) is 27.0. The van der Waals surface area contributed by atoms with Crippen LogP contribution in [0, 0.1) is 0 Å². The highest BCUT2D eigenvalue weighted by atomic mass is 32.3. The van der Waals surface area contributed by atoms with Crippen molar-refractivity contribution in [1.82, 2.24) is 9.69 Å². The van der Waals surface area contributed by atoms with Gasteiger partial charge in [-0.15, -0.1) is 20.1 Å². The summed E-state index contributed by atoms with van der Waals surface area (Å²) < 4.78 is 2.53. The molecule has 0 saturated heterocycles. The third-order valence-corrected chi connectivity index (χ3v) is 21.4. The van der Waals surface area contributed by atoms with E-state index in [-0.39, 0.29) is 0 Å². The number of fused-ring (bicyclic) bond motifs is 6. The zero-order valence-electron chi connectivity index (χ0n) is 38.3. The van der Waals surface area contributed by atoms with E-state index < -0.39 is 20.1 Å². The van der Waals surface area contributed by atoms with Gasteiger partial charge >= 0.3 is 0 Å². The van der Waals surface area contributed by atoms with E-state index in [1.165, 1.54) is 49.9 Å². The molecule has 0 spiro atoms. The number of para-hydroxylation sites is 3. The Morgan fingerprint density at radius 2 is 0.671 bits per heavy atom. The van der Waals surface area contributed by atoms with Crippen molar-refractivity contribution in [2.24, 2.45) is 0 Å². The molecule has 0 fully saturated rings. The summed E-state index contributed by atoms with van der Waals surface area (Å²) in [4.78, 5) is 10.2. The molecule has 0 atom stereocenters. The molecule has 6 heteroatoms. The van der Waals surface area contributed by atoms with E-state index in [4.69, 9.17) is 0 Å². The Kier molecular flexibility index (Phi) is 10.3. The molecule has 70 heavy (non-hydrogen) atoms. The minimum Gasteiger partial charge on any atom is -0.309 e. The molecular weight excluding hydrogens is 889 g/mol. The van der Waals surface area contributed by atoms with Gasteiger partial charge in [-0.25, -0.2) is 10.0 Å². The molecule has 2 aliphatic heterocycles. The Balaban J connectivity index is 1.17. The minimum absolute atomic E-state index is 1.08. The highest BCUT2D eigenvalue weighted by Crippen LogP contribution is 2.77. The van der Waals surface area contributed by atoms with Crippen molar-refractivity contribution in [3.63, 3.8) is 0 Å². The highest BCUT2D eigenvalue weighted by Gasteiger charge is 2.39. The average Bonchev–Trinajstić information content (AvgIpc) is 3.96. The molecule has 11 aromatic rings. The predicted molar refractivity (Wildman–Crippen MR) is 292 cm³/mol. The second-order valence-electron chi connectivity index (χ2n) is 17.5. The van der Waals surface area contributed by atoms with Crippen LogP contribution in [0.5, 0.6) is 0 Å². The maximum Gasteiger partial charge on any atom is 0.0909 e. The first-order valence-electron chi connectivity index (χ1n) is 23.7. The normalized spacial score (nSPS) is 13.7. The largest absolute Gasteiger partial charge is 0.309 e. The molecule has 10 aromatic carbocycles. The van der Waals surface area contributed by atoms with Crippen LogP contribution in [0.15, 0.2) is 331 Å². The van der Waals surface area contributed by atoms with E-state index in [1.807, 2.05) is 0 Å². The summed E-state index contributed by atoms with van der Waals surface area (Å²) in [5.41, 5.74) is 6.77. The predicted octanol–water partition coefficient (Wildman–Crippen LogP) is 17.6. The van der Waals surface area contributed by atoms with Gasteiger partial charge in [-0.1, -0.05) is 140 Å². The Morgan fingerprint density at radius 1 is 0.271 bits per heavy atom. The summed E-state index contributed by atoms with van der Waals surface area (Å²) in [5, 5.41) is 9.10. The number of hydrogen-bond acceptors (Lipinski definition) is 3. The first-order chi connectivity index (χ1) is 34.7. The van der Waals surface area contributed by atoms with Crippen LogP contribution in [0.3, 0.4) is 0 Å². The lowest BCUT2D eigenvalue weighted by Crippen LogP contribution is -2.40. The number of rotatable bonds is 10. The first kappa shape index (κ1) is 41.7. The van der Waals surface area contributed by atoms with Gasteiger partial charge in [-0.2, -0.15) is 5.12 Å². The summed E-state index contributed by atoms with van der Waals surface area (Å²) in [5.74, 6) is 0. The van der Waals surface area contributed by atoms with Crippen molar-refractivity contribution in [2.75, 3.05) is 10.0 Å². The second kappa shape index (κ2) is 17.3. The van der Waals surface area contributed by atoms with Gasteiger partial charge in [0.05, 0.1) is 28.1 Å². The lowest BCUT2D eigenvalue weighted by Gasteiger charge is -2.45. The molecule has 0 bridgehead atoms. The molecule has 0 amide bonds. The van der Waals surface area contributed by atoms with Gasteiger partial charge in [-0.05, 0) is 140 Å². The van der Waals surface area contributed by atoms with Crippen LogP contribution >= 0.6 is 20.1 Å². The van der Waals surface area contributed by atoms with Crippen molar-refractivity contribution < 1.29 is 0 Å². The van der Waals surface area contributed by atoms with Crippen molar-refractivity contribution in [3.8, 4) is 5.69 Å². The van der Waals surface area contributed by atoms with Crippen molar-refractivity contribution in [1.29, 1.82) is 0 Å². The summed E-state index contributed by atoms with van der Waals surface area (Å²) >= 11 is 0. The maximum atomic E-state index is 2.59. The number of benzene rings is 10. The monoisotopic (exact) mass is 936 g/mol. The van der Waals surface area contributed by atoms with Crippen molar-refractivity contribution in [2.45, 2.75) is 39.2 Å². The summed E-state index contributed by atoms with van der Waals surface area (Å²) in [6.07, 6.45) is 8.43. The van der Waals surface area contributed by atoms with E-state index in [1.54, 1.807) is 0 Å². The smallest absolute Gasteiger partial charge is 0.0909 e. The Morgan fingerprint density at radius 3 is 1.16 bits per heavy atom. The van der Waals surface area contributed by atoms with Gasteiger partial charge in [-0.3, -0.25) is 0 Å². The molecular formula is C64H48N4S2. The standard InChI is InChI=1S/C64H48N4S2/c1-7-25-51(26-8-1)69(52-27-9-2-10-28-52,53-29-11-3-12-30-53)57-45-50(46-58(48-57)70(54-31-13-4-14-32-54,55-33-15-5-16-34-55)56-35-17-6-18-36-56)67-61-38-20-19-37-59(61)60-47-49(41-42-62(60)67)68-64-40-22-21-39-63(64)65-43-23-24-44-66(65)68/h1-48H. The number of aromatic nitrogens is 1. The van der Waals surface area contributed by atoms with Crippen molar-refractivity contribution in [3.05, 3.63) is 291 Å². The van der Waals surface area contributed by atoms with Crippen LogP contribution < -0.4 is 10.0 Å². The maximum absolute atomic E-state index is 2.59. The quantitative estimate of drug-likeness (QED) is 0.136. The molecule has 0 unspecified atom stereocenters. The Hall–Kier alpha value is -8.42. The molecule has 3 heterocycles. The molecule has 1 aromatic heterocycles. The van der Waals surface area contributed by atoms with Gasteiger partial charge in [0.1, 0.15) is 0 Å². The zero-order valence-corrected chi connectivity index (χ0v) is 40.0. The molecule has 0 saturated carbocycles. The average molecular weight is 937 g/mol. The minimum atomic E-state index is -2.15. The third kappa shape index (κ3) is 6.48. The van der Waals surface area contributed by atoms with E-state index in [0.717, 1.165) is 33.8 Å². The summed E-state index contributed by atoms with van der Waals surface area (Å²) in [7, 11) is -4.29. The van der Waals surface area contributed by atoms with Crippen LogP contribution in [0.1, 0.15) is 0 Å². The molecule has 0 N–H and O–H groups in total. The van der Waals surface area contributed by atoms with E-state index in [9.17, 15) is 0 Å². The van der Waals surface area contributed by atoms with E-state index in [2.05, 4.69) is 311 Å². The molecule has 336 valence electrons. The van der Waals surface area contributed by atoms with Gasteiger partial charge < -0.3 is 4.57 Å². The van der Waals surface area contributed by atoms with Gasteiger partial charge in [0, 0.05) is 68.0 Å². The van der Waals surface area contributed by atoms with Gasteiger partial charge in [0.2, 0.25) is 0 Å². The van der Waals surface area contributed by atoms with Crippen LogP contribution in [0.2, 0.25) is 0 Å². The molecule has 4 nitrogen and oxygen atoms in total. The Bertz CT molecular complexity index is 3390.